The standard InChI is InChI=1S/C29H24F3N3O4S/c1-16-15-35(17(2)33-16)25-11-9-20(19-6-5-7-22(12-19)40(4,36)37)13-23(25)27-28(38-18(3)34-27)21-8-10-24(30)26(14-21)39-29(31)32/h5-15,29H,1-4H3. The Morgan fingerprint density at radius 1 is 0.925 bits per heavy atom. The zero-order chi connectivity index (χ0) is 28.8. The summed E-state index contributed by atoms with van der Waals surface area (Å²) in [4.78, 5) is 9.28. The predicted molar refractivity (Wildman–Crippen MR) is 144 cm³/mol. The average Bonchev–Trinajstić information content (AvgIpc) is 3.45. The fourth-order valence-electron chi connectivity index (χ4n) is 4.52. The molecule has 0 spiro atoms. The molecule has 0 aliphatic rings. The van der Waals surface area contributed by atoms with Crippen LogP contribution in [0.15, 0.2) is 76.2 Å². The second-order valence-electron chi connectivity index (χ2n) is 9.27. The van der Waals surface area contributed by atoms with Crippen LogP contribution in [0.2, 0.25) is 0 Å². The third-order valence-corrected chi connectivity index (χ3v) is 7.36. The van der Waals surface area contributed by atoms with Gasteiger partial charge in [0.15, 0.2) is 33.1 Å². The second-order valence-corrected chi connectivity index (χ2v) is 11.3. The quantitative estimate of drug-likeness (QED) is 0.212. The van der Waals surface area contributed by atoms with Crippen molar-refractivity contribution in [1.82, 2.24) is 14.5 Å². The van der Waals surface area contributed by atoms with Gasteiger partial charge in [0.05, 0.1) is 16.3 Å². The van der Waals surface area contributed by atoms with E-state index in [1.54, 1.807) is 25.1 Å². The number of alkyl halides is 2. The summed E-state index contributed by atoms with van der Waals surface area (Å²) in [5.41, 5.74) is 4.08. The van der Waals surface area contributed by atoms with Gasteiger partial charge in [-0.1, -0.05) is 18.2 Å². The van der Waals surface area contributed by atoms with Crippen LogP contribution >= 0.6 is 0 Å². The van der Waals surface area contributed by atoms with Gasteiger partial charge >= 0.3 is 6.61 Å². The summed E-state index contributed by atoms with van der Waals surface area (Å²) in [5.74, 6) is -0.351. The molecule has 11 heteroatoms. The Balaban J connectivity index is 1.75. The molecule has 0 N–H and O–H groups in total. The minimum absolute atomic E-state index is 0.174. The number of benzene rings is 3. The van der Waals surface area contributed by atoms with Gasteiger partial charge in [0.1, 0.15) is 11.5 Å². The monoisotopic (exact) mass is 567 g/mol. The van der Waals surface area contributed by atoms with Crippen molar-refractivity contribution < 1.29 is 30.7 Å². The average molecular weight is 568 g/mol. The fourth-order valence-corrected chi connectivity index (χ4v) is 5.19. The molecular formula is C29H24F3N3O4S. The maximum atomic E-state index is 14.2. The van der Waals surface area contributed by atoms with Crippen LogP contribution in [0.4, 0.5) is 13.2 Å². The number of hydrogen-bond donors (Lipinski definition) is 0. The first-order valence-corrected chi connectivity index (χ1v) is 14.0. The van der Waals surface area contributed by atoms with Crippen molar-refractivity contribution in [2.24, 2.45) is 0 Å². The Hall–Kier alpha value is -4.38. The second kappa shape index (κ2) is 10.3. The van der Waals surface area contributed by atoms with Crippen molar-refractivity contribution in [3.8, 4) is 45.1 Å². The molecule has 0 amide bonds. The van der Waals surface area contributed by atoms with Gasteiger partial charge in [-0.15, -0.1) is 0 Å². The first-order valence-electron chi connectivity index (χ1n) is 12.1. The molecular weight excluding hydrogens is 543 g/mol. The summed E-state index contributed by atoms with van der Waals surface area (Å²) in [6.45, 7) is 2.14. The smallest absolute Gasteiger partial charge is 0.387 e. The van der Waals surface area contributed by atoms with Gasteiger partial charge < -0.3 is 13.7 Å². The van der Waals surface area contributed by atoms with Crippen molar-refractivity contribution in [1.29, 1.82) is 0 Å². The third kappa shape index (κ3) is 5.37. The lowest BCUT2D eigenvalue weighted by molar-refractivity contribution is -0.0521. The lowest BCUT2D eigenvalue weighted by atomic mass is 9.98. The molecule has 5 rings (SSSR count). The Bertz CT molecular complexity index is 1850. The van der Waals surface area contributed by atoms with Crippen LogP contribution in [0.5, 0.6) is 5.75 Å². The molecule has 0 unspecified atom stereocenters. The number of aryl methyl sites for hydroxylation is 3. The third-order valence-electron chi connectivity index (χ3n) is 6.25. The van der Waals surface area contributed by atoms with Crippen LogP contribution in [-0.4, -0.2) is 35.8 Å². The molecule has 3 aromatic carbocycles. The van der Waals surface area contributed by atoms with Crippen molar-refractivity contribution in [3.05, 3.63) is 90.1 Å². The lowest BCUT2D eigenvalue weighted by Gasteiger charge is -2.14. The Labute approximate surface area is 228 Å². The number of halogens is 3. The summed E-state index contributed by atoms with van der Waals surface area (Å²) < 4.78 is 76.5. The molecule has 0 bridgehead atoms. The number of sulfone groups is 1. The van der Waals surface area contributed by atoms with Crippen LogP contribution in [0.25, 0.3) is 39.4 Å². The number of hydrogen-bond acceptors (Lipinski definition) is 6. The van der Waals surface area contributed by atoms with Crippen LogP contribution in [0, 0.1) is 26.6 Å². The maximum Gasteiger partial charge on any atom is 0.387 e. The Morgan fingerprint density at radius 3 is 2.33 bits per heavy atom. The number of ether oxygens (including phenoxy) is 1. The minimum atomic E-state index is -3.44. The zero-order valence-electron chi connectivity index (χ0n) is 21.9. The van der Waals surface area contributed by atoms with E-state index in [0.717, 1.165) is 24.1 Å². The molecule has 40 heavy (non-hydrogen) atoms. The highest BCUT2D eigenvalue weighted by Crippen LogP contribution is 2.40. The van der Waals surface area contributed by atoms with Crippen LogP contribution < -0.4 is 4.74 Å². The maximum absolute atomic E-state index is 14.2. The molecule has 0 radical (unpaired) electrons. The van der Waals surface area contributed by atoms with E-state index >= 15 is 0 Å². The van der Waals surface area contributed by atoms with Crippen LogP contribution in [0.1, 0.15) is 17.4 Å². The summed E-state index contributed by atoms with van der Waals surface area (Å²) in [5, 5.41) is 0. The highest BCUT2D eigenvalue weighted by molar-refractivity contribution is 7.90. The van der Waals surface area contributed by atoms with Crippen molar-refractivity contribution in [2.75, 3.05) is 6.26 Å². The van der Waals surface area contributed by atoms with E-state index in [2.05, 4.69) is 14.7 Å². The fraction of sp³-hybridized carbons (Fsp3) is 0.172. The van der Waals surface area contributed by atoms with E-state index in [0.29, 0.717) is 39.8 Å². The Morgan fingerprint density at radius 2 is 1.65 bits per heavy atom. The van der Waals surface area contributed by atoms with E-state index < -0.39 is 28.0 Å². The molecule has 5 aromatic rings. The van der Waals surface area contributed by atoms with Gasteiger partial charge in [-0.25, -0.2) is 22.8 Å². The van der Waals surface area contributed by atoms with Gasteiger partial charge in [-0.05, 0) is 67.4 Å². The van der Waals surface area contributed by atoms with Gasteiger partial charge in [0.2, 0.25) is 0 Å². The molecule has 0 fully saturated rings. The molecule has 0 aliphatic carbocycles. The van der Waals surface area contributed by atoms with Crippen molar-refractivity contribution in [3.63, 3.8) is 0 Å². The van der Waals surface area contributed by atoms with E-state index in [1.807, 2.05) is 42.8 Å². The first kappa shape index (κ1) is 27.2. The molecule has 0 saturated heterocycles. The van der Waals surface area contributed by atoms with E-state index in [-0.39, 0.29) is 16.2 Å². The lowest BCUT2D eigenvalue weighted by Crippen LogP contribution is -2.04. The highest BCUT2D eigenvalue weighted by atomic mass is 32.2. The van der Waals surface area contributed by atoms with Crippen LogP contribution in [-0.2, 0) is 9.84 Å². The number of aromatic nitrogens is 3. The molecule has 2 heterocycles. The highest BCUT2D eigenvalue weighted by Gasteiger charge is 2.23. The summed E-state index contributed by atoms with van der Waals surface area (Å²) >= 11 is 0. The molecule has 0 aliphatic heterocycles. The summed E-state index contributed by atoms with van der Waals surface area (Å²) in [6.07, 6.45) is 3.00. The normalized spacial score (nSPS) is 11.8. The number of nitrogens with zero attached hydrogens (tertiary/aromatic N) is 3. The largest absolute Gasteiger partial charge is 0.440 e. The van der Waals surface area contributed by atoms with Crippen molar-refractivity contribution >= 4 is 9.84 Å². The molecule has 2 aromatic heterocycles. The Kier molecular flexibility index (Phi) is 7.01. The summed E-state index contributed by atoms with van der Waals surface area (Å²) in [6, 6.07) is 15.7. The molecule has 0 saturated carbocycles. The van der Waals surface area contributed by atoms with Gasteiger partial charge in [0, 0.05) is 30.5 Å². The molecule has 0 atom stereocenters. The number of oxazole rings is 1. The topological polar surface area (TPSA) is 87.2 Å². The van der Waals surface area contributed by atoms with Crippen molar-refractivity contribution in [2.45, 2.75) is 32.3 Å². The SMILES string of the molecule is Cc1cn(-c2ccc(-c3cccc(S(C)(=O)=O)c3)cc2-c2nc(C)oc2-c2ccc(F)c(OC(F)F)c2)c(C)n1. The predicted octanol–water partition coefficient (Wildman–Crippen LogP) is 6.93. The zero-order valence-corrected chi connectivity index (χ0v) is 22.8. The molecule has 7 nitrogen and oxygen atoms in total. The van der Waals surface area contributed by atoms with Gasteiger partial charge in [0.25, 0.3) is 0 Å². The number of rotatable bonds is 7. The first-order chi connectivity index (χ1) is 18.9. The van der Waals surface area contributed by atoms with Gasteiger partial charge in [-0.3, -0.25) is 0 Å². The van der Waals surface area contributed by atoms with Crippen LogP contribution in [0.3, 0.4) is 0 Å². The van der Waals surface area contributed by atoms with E-state index in [1.165, 1.54) is 12.1 Å². The van der Waals surface area contributed by atoms with E-state index in [9.17, 15) is 21.6 Å². The minimum Gasteiger partial charge on any atom is -0.440 e. The van der Waals surface area contributed by atoms with E-state index in [4.69, 9.17) is 4.42 Å². The van der Waals surface area contributed by atoms with Gasteiger partial charge in [-0.2, -0.15) is 8.78 Å². The summed E-state index contributed by atoms with van der Waals surface area (Å²) in [7, 11) is -3.44. The number of imidazole rings is 1. The molecule has 206 valence electrons.